The first-order chi connectivity index (χ1) is 7.33. The smallest absolute Gasteiger partial charge is 0.0621 e. The average molecular weight is 193 g/mol. The summed E-state index contributed by atoms with van der Waals surface area (Å²) in [6.45, 7) is 1.91. The van der Waals surface area contributed by atoms with Gasteiger partial charge in [-0.2, -0.15) is 0 Å². The number of hydrogen-bond acceptors (Lipinski definition) is 1. The number of benzene rings is 1. The summed E-state index contributed by atoms with van der Waals surface area (Å²) in [6.07, 6.45) is 3.66. The van der Waals surface area contributed by atoms with Crippen molar-refractivity contribution in [1.82, 2.24) is 0 Å². The molecule has 0 fully saturated rings. The van der Waals surface area contributed by atoms with Crippen molar-refractivity contribution >= 4 is 16.5 Å². The number of hydrogen-bond donors (Lipinski definition) is 1. The largest absolute Gasteiger partial charge is 0.300 e. The van der Waals surface area contributed by atoms with Crippen molar-refractivity contribution in [3.8, 4) is 0 Å². The second-order valence-corrected chi connectivity index (χ2v) is 3.29. The molecule has 2 aromatic rings. The van der Waals surface area contributed by atoms with E-state index in [2.05, 4.69) is 12.1 Å². The fourth-order valence-corrected chi connectivity index (χ4v) is 1.57. The molecule has 15 heavy (non-hydrogen) atoms. The van der Waals surface area contributed by atoms with E-state index in [1.165, 1.54) is 0 Å². The Labute approximate surface area is 89.6 Å². The molecular formula is C14H11N. The van der Waals surface area contributed by atoms with Crippen LogP contribution in [-0.4, -0.2) is 5.71 Å². The van der Waals surface area contributed by atoms with Gasteiger partial charge in [0.15, 0.2) is 0 Å². The average Bonchev–Trinajstić information content (AvgIpc) is 2.28. The van der Waals surface area contributed by atoms with Gasteiger partial charge in [-0.3, -0.25) is 0 Å². The molecule has 0 amide bonds. The molecule has 0 bridgehead atoms. The molecule has 1 N–H and O–H groups in total. The minimum Gasteiger partial charge on any atom is -0.300 e. The van der Waals surface area contributed by atoms with Crippen molar-refractivity contribution in [3.63, 3.8) is 0 Å². The van der Waals surface area contributed by atoms with E-state index in [0.29, 0.717) is 5.71 Å². The molecule has 0 aromatic heterocycles. The lowest BCUT2D eigenvalue weighted by Gasteiger charge is -2.01. The van der Waals surface area contributed by atoms with Gasteiger partial charge in [0.05, 0.1) is 5.71 Å². The maximum atomic E-state index is 7.89. The first-order valence-electron chi connectivity index (χ1n) is 4.85. The summed E-state index contributed by atoms with van der Waals surface area (Å²) in [7, 11) is 0. The Morgan fingerprint density at radius 1 is 1.33 bits per heavy atom. The molecule has 0 spiro atoms. The first kappa shape index (κ1) is 9.48. The highest BCUT2D eigenvalue weighted by Gasteiger charge is 2.01. The minimum absolute atomic E-state index is 0.513. The number of nitrogens with one attached hydrogen (secondary N) is 1. The molecule has 0 aliphatic rings. The Kier molecular flexibility index (Phi) is 2.51. The van der Waals surface area contributed by atoms with Crippen molar-refractivity contribution < 1.29 is 0 Å². The monoisotopic (exact) mass is 193 g/mol. The summed E-state index contributed by atoms with van der Waals surface area (Å²) in [6, 6.07) is 15.7. The van der Waals surface area contributed by atoms with E-state index in [4.69, 9.17) is 5.41 Å². The van der Waals surface area contributed by atoms with Gasteiger partial charge in [0, 0.05) is 16.3 Å². The standard InChI is InChI=1S/C14H11N/c1-2-6-14(15)13-10-5-8-11-7-3-4-9-12(11)13/h2-4,6-7,9-10,15H,1H3/b6-2-,15-14?. The third-order valence-electron chi connectivity index (χ3n) is 2.26. The van der Waals surface area contributed by atoms with Crippen LogP contribution < -0.4 is 0 Å². The van der Waals surface area contributed by atoms with E-state index in [9.17, 15) is 0 Å². The van der Waals surface area contributed by atoms with E-state index in [1.807, 2.05) is 43.3 Å². The highest BCUT2D eigenvalue weighted by molar-refractivity contribution is 6.14. The Bertz CT molecular complexity index is 518. The van der Waals surface area contributed by atoms with Gasteiger partial charge in [0.25, 0.3) is 0 Å². The fraction of sp³-hybridized carbons (Fsp3) is 0.0714. The van der Waals surface area contributed by atoms with Crippen LogP contribution in [0.5, 0.6) is 0 Å². The van der Waals surface area contributed by atoms with E-state index in [-0.39, 0.29) is 0 Å². The molecule has 1 heteroatoms. The SMILES string of the molecule is C/C=C\C(=N)c1cc#cc2ccccc12. The molecule has 0 atom stereocenters. The van der Waals surface area contributed by atoms with Crippen LogP contribution >= 0.6 is 0 Å². The lowest BCUT2D eigenvalue weighted by molar-refractivity contribution is 1.50. The zero-order valence-corrected chi connectivity index (χ0v) is 8.54. The molecule has 0 saturated heterocycles. The van der Waals surface area contributed by atoms with E-state index >= 15 is 0 Å². The van der Waals surface area contributed by atoms with Crippen LogP contribution in [0.1, 0.15) is 12.5 Å². The molecule has 0 radical (unpaired) electrons. The maximum Gasteiger partial charge on any atom is 0.0621 e. The van der Waals surface area contributed by atoms with Crippen LogP contribution in [0, 0.1) is 17.5 Å². The molecular weight excluding hydrogens is 182 g/mol. The summed E-state index contributed by atoms with van der Waals surface area (Å²) < 4.78 is 0. The number of fused-ring (bicyclic) bond motifs is 1. The van der Waals surface area contributed by atoms with Crippen molar-refractivity contribution in [2.45, 2.75) is 6.92 Å². The van der Waals surface area contributed by atoms with Crippen molar-refractivity contribution in [2.75, 3.05) is 0 Å². The highest BCUT2D eigenvalue weighted by atomic mass is 14.4. The van der Waals surface area contributed by atoms with Gasteiger partial charge in [0.1, 0.15) is 0 Å². The fourth-order valence-electron chi connectivity index (χ4n) is 1.57. The van der Waals surface area contributed by atoms with Crippen molar-refractivity contribution in [1.29, 1.82) is 5.41 Å². The zero-order chi connectivity index (χ0) is 10.7. The molecule has 0 heterocycles. The highest BCUT2D eigenvalue weighted by Crippen LogP contribution is 2.16. The normalized spacial score (nSPS) is 10.5. The lowest BCUT2D eigenvalue weighted by Crippen LogP contribution is -1.94. The van der Waals surface area contributed by atoms with Gasteiger partial charge in [-0.1, -0.05) is 36.4 Å². The van der Waals surface area contributed by atoms with Gasteiger partial charge in [-0.15, -0.1) is 0 Å². The van der Waals surface area contributed by atoms with Crippen LogP contribution in [0.3, 0.4) is 0 Å². The van der Waals surface area contributed by atoms with Gasteiger partial charge in [-0.05, 0) is 25.1 Å². The minimum atomic E-state index is 0.513. The second-order valence-electron chi connectivity index (χ2n) is 3.29. The third-order valence-corrected chi connectivity index (χ3v) is 2.26. The van der Waals surface area contributed by atoms with Crippen molar-refractivity contribution in [3.05, 3.63) is 60.2 Å². The predicted molar refractivity (Wildman–Crippen MR) is 63.3 cm³/mol. The predicted octanol–water partition coefficient (Wildman–Crippen LogP) is 3.38. The Hall–Kier alpha value is -2.07. The van der Waals surface area contributed by atoms with Gasteiger partial charge < -0.3 is 5.41 Å². The van der Waals surface area contributed by atoms with E-state index in [0.717, 1.165) is 16.3 Å². The van der Waals surface area contributed by atoms with Crippen LogP contribution in [0.15, 0.2) is 42.5 Å². The molecule has 0 aliphatic carbocycles. The molecule has 0 unspecified atom stereocenters. The topological polar surface area (TPSA) is 23.9 Å². The molecule has 0 saturated carbocycles. The van der Waals surface area contributed by atoms with Gasteiger partial charge >= 0.3 is 0 Å². The summed E-state index contributed by atoms with van der Waals surface area (Å²) in [5.41, 5.74) is 1.42. The van der Waals surface area contributed by atoms with E-state index in [1.54, 1.807) is 6.08 Å². The van der Waals surface area contributed by atoms with Gasteiger partial charge in [0.2, 0.25) is 0 Å². The van der Waals surface area contributed by atoms with Crippen LogP contribution in [-0.2, 0) is 0 Å². The Balaban J connectivity index is 2.65. The zero-order valence-electron chi connectivity index (χ0n) is 8.54. The lowest BCUT2D eigenvalue weighted by atomic mass is 10.0. The second kappa shape index (κ2) is 3.98. The van der Waals surface area contributed by atoms with Crippen LogP contribution in [0.2, 0.25) is 0 Å². The molecule has 1 nitrogen and oxygen atoms in total. The summed E-state index contributed by atoms with van der Waals surface area (Å²) >= 11 is 0. The van der Waals surface area contributed by atoms with Crippen molar-refractivity contribution in [2.24, 2.45) is 0 Å². The molecule has 2 aromatic carbocycles. The Morgan fingerprint density at radius 2 is 2.13 bits per heavy atom. The number of rotatable bonds is 2. The van der Waals surface area contributed by atoms with Crippen LogP contribution in [0.25, 0.3) is 10.8 Å². The van der Waals surface area contributed by atoms with Crippen LogP contribution in [0.4, 0.5) is 0 Å². The quantitative estimate of drug-likeness (QED) is 0.707. The number of allylic oxidation sites excluding steroid dienone is 2. The molecule has 0 aliphatic heterocycles. The first-order valence-corrected chi connectivity index (χ1v) is 4.85. The molecule has 2 rings (SSSR count). The van der Waals surface area contributed by atoms with E-state index < -0.39 is 0 Å². The van der Waals surface area contributed by atoms with Gasteiger partial charge in [-0.25, -0.2) is 0 Å². The summed E-state index contributed by atoms with van der Waals surface area (Å²) in [5, 5.41) is 9.95. The summed E-state index contributed by atoms with van der Waals surface area (Å²) in [5.74, 6) is 0. The Morgan fingerprint density at radius 3 is 2.93 bits per heavy atom. The third kappa shape index (κ3) is 1.75. The summed E-state index contributed by atoms with van der Waals surface area (Å²) in [4.78, 5) is 0. The maximum absolute atomic E-state index is 7.89. The molecule has 72 valence electrons.